The van der Waals surface area contributed by atoms with Gasteiger partial charge in [-0.3, -0.25) is 0 Å². The van der Waals surface area contributed by atoms with Crippen LogP contribution in [0.2, 0.25) is 0 Å². The Bertz CT molecular complexity index is 478. The van der Waals surface area contributed by atoms with E-state index >= 15 is 0 Å². The fourth-order valence-electron chi connectivity index (χ4n) is 3.78. The molecule has 1 aromatic carbocycles. The van der Waals surface area contributed by atoms with Crippen molar-refractivity contribution in [2.24, 2.45) is 5.92 Å². The van der Waals surface area contributed by atoms with Gasteiger partial charge in [0.25, 0.3) is 0 Å². The fourth-order valence-corrected chi connectivity index (χ4v) is 3.78. The Hall–Kier alpha value is -1.06. The Kier molecular flexibility index (Phi) is 4.36. The number of rotatable bonds is 4. The minimum atomic E-state index is -0.142. The molecule has 3 nitrogen and oxygen atoms in total. The van der Waals surface area contributed by atoms with Gasteiger partial charge in [0, 0.05) is 31.2 Å². The van der Waals surface area contributed by atoms with E-state index in [1.54, 1.807) is 0 Å². The molecule has 1 N–H and O–H groups in total. The molecule has 0 radical (unpaired) electrons. The highest BCUT2D eigenvalue weighted by Gasteiger charge is 2.53. The second kappa shape index (κ2) is 5.62. The van der Waals surface area contributed by atoms with Gasteiger partial charge in [-0.2, -0.15) is 0 Å². The van der Waals surface area contributed by atoms with Crippen molar-refractivity contribution in [1.82, 2.24) is 5.32 Å². The molecule has 1 aromatic rings. The standard InChI is InChI=1S/C18H30N2O/c1-13-8-10-14(11-9-13)20(7)12-15-16(19-6)18(4,5)21-17(15,2)3/h8-11,15-16,19H,12H2,1-7H3. The molecule has 118 valence electrons. The van der Waals surface area contributed by atoms with E-state index in [-0.39, 0.29) is 11.2 Å². The molecule has 0 amide bonds. The minimum absolute atomic E-state index is 0.129. The lowest BCUT2D eigenvalue weighted by Gasteiger charge is -2.33. The van der Waals surface area contributed by atoms with Crippen LogP contribution in [-0.2, 0) is 4.74 Å². The predicted molar refractivity (Wildman–Crippen MR) is 90.0 cm³/mol. The Balaban J connectivity index is 2.18. The predicted octanol–water partition coefficient (Wildman–Crippen LogP) is 3.22. The molecular weight excluding hydrogens is 260 g/mol. The van der Waals surface area contributed by atoms with Crippen LogP contribution in [0.5, 0.6) is 0 Å². The molecule has 1 saturated heterocycles. The van der Waals surface area contributed by atoms with Crippen molar-refractivity contribution in [3.63, 3.8) is 0 Å². The van der Waals surface area contributed by atoms with Gasteiger partial charge in [-0.15, -0.1) is 0 Å². The third kappa shape index (κ3) is 3.24. The van der Waals surface area contributed by atoms with Crippen LogP contribution in [0.4, 0.5) is 5.69 Å². The summed E-state index contributed by atoms with van der Waals surface area (Å²) in [4.78, 5) is 2.33. The van der Waals surface area contributed by atoms with Crippen molar-refractivity contribution in [1.29, 1.82) is 0 Å². The summed E-state index contributed by atoms with van der Waals surface area (Å²) in [5.41, 5.74) is 2.29. The van der Waals surface area contributed by atoms with Gasteiger partial charge >= 0.3 is 0 Å². The van der Waals surface area contributed by atoms with Crippen molar-refractivity contribution in [3.05, 3.63) is 29.8 Å². The summed E-state index contributed by atoms with van der Waals surface area (Å²) in [5, 5.41) is 3.47. The summed E-state index contributed by atoms with van der Waals surface area (Å²) in [6.45, 7) is 11.9. The van der Waals surface area contributed by atoms with Crippen LogP contribution < -0.4 is 10.2 Å². The lowest BCUT2D eigenvalue weighted by molar-refractivity contribution is -0.0768. The van der Waals surface area contributed by atoms with Crippen molar-refractivity contribution < 1.29 is 4.74 Å². The number of benzene rings is 1. The van der Waals surface area contributed by atoms with E-state index < -0.39 is 0 Å². The van der Waals surface area contributed by atoms with E-state index in [0.29, 0.717) is 12.0 Å². The molecule has 1 aliphatic rings. The van der Waals surface area contributed by atoms with Gasteiger partial charge in [-0.25, -0.2) is 0 Å². The van der Waals surface area contributed by atoms with Gasteiger partial charge in [0.15, 0.2) is 0 Å². The minimum Gasteiger partial charge on any atom is -0.374 e. The van der Waals surface area contributed by atoms with Crippen LogP contribution >= 0.6 is 0 Å². The normalized spacial score (nSPS) is 26.8. The van der Waals surface area contributed by atoms with Crippen LogP contribution in [0.3, 0.4) is 0 Å². The molecule has 0 bridgehead atoms. The van der Waals surface area contributed by atoms with Crippen LogP contribution in [0, 0.1) is 12.8 Å². The van der Waals surface area contributed by atoms with E-state index in [4.69, 9.17) is 4.74 Å². The maximum absolute atomic E-state index is 6.32. The van der Waals surface area contributed by atoms with Gasteiger partial charge in [0.05, 0.1) is 11.2 Å². The van der Waals surface area contributed by atoms with Gasteiger partial charge < -0.3 is 15.0 Å². The zero-order valence-corrected chi connectivity index (χ0v) is 14.5. The zero-order chi connectivity index (χ0) is 15.8. The lowest BCUT2D eigenvalue weighted by Crippen LogP contribution is -2.49. The first-order chi connectivity index (χ1) is 9.67. The second-order valence-electron chi connectivity index (χ2n) is 7.40. The average Bonchev–Trinajstić information content (AvgIpc) is 2.54. The molecule has 1 heterocycles. The van der Waals surface area contributed by atoms with Gasteiger partial charge in [0.1, 0.15) is 0 Å². The van der Waals surface area contributed by atoms with Crippen molar-refractivity contribution in [2.45, 2.75) is 51.9 Å². The van der Waals surface area contributed by atoms with Gasteiger partial charge in [-0.05, 0) is 53.8 Å². The van der Waals surface area contributed by atoms with Crippen LogP contribution in [0.1, 0.15) is 33.3 Å². The van der Waals surface area contributed by atoms with Crippen LogP contribution in [0.15, 0.2) is 24.3 Å². The lowest BCUT2D eigenvalue weighted by atomic mass is 9.82. The van der Waals surface area contributed by atoms with E-state index in [1.807, 2.05) is 7.05 Å². The van der Waals surface area contributed by atoms with Crippen LogP contribution in [0.25, 0.3) is 0 Å². The summed E-state index contributed by atoms with van der Waals surface area (Å²) in [6.07, 6.45) is 0. The summed E-state index contributed by atoms with van der Waals surface area (Å²) in [7, 11) is 4.20. The molecule has 0 spiro atoms. The third-order valence-corrected chi connectivity index (χ3v) is 4.83. The SMILES string of the molecule is CNC1C(CN(C)c2ccc(C)cc2)C(C)(C)OC1(C)C. The first-order valence-electron chi connectivity index (χ1n) is 7.82. The number of anilines is 1. The first-order valence-corrected chi connectivity index (χ1v) is 7.82. The second-order valence-corrected chi connectivity index (χ2v) is 7.40. The third-order valence-electron chi connectivity index (χ3n) is 4.83. The van der Waals surface area contributed by atoms with Crippen molar-refractivity contribution in [3.8, 4) is 0 Å². The number of ether oxygens (including phenoxy) is 1. The molecule has 2 unspecified atom stereocenters. The Morgan fingerprint density at radius 1 is 1.10 bits per heavy atom. The molecule has 0 aliphatic carbocycles. The molecule has 0 saturated carbocycles. The van der Waals surface area contributed by atoms with Gasteiger partial charge in [0.2, 0.25) is 0 Å². The molecule has 3 heteroatoms. The zero-order valence-electron chi connectivity index (χ0n) is 14.5. The highest BCUT2D eigenvalue weighted by atomic mass is 16.5. The molecule has 1 aliphatic heterocycles. The Morgan fingerprint density at radius 2 is 1.67 bits per heavy atom. The topological polar surface area (TPSA) is 24.5 Å². The summed E-state index contributed by atoms with van der Waals surface area (Å²) in [6, 6.07) is 9.07. The van der Waals surface area contributed by atoms with Crippen LogP contribution in [-0.4, -0.2) is 37.9 Å². The fraction of sp³-hybridized carbons (Fsp3) is 0.667. The van der Waals surface area contributed by atoms with Crippen molar-refractivity contribution >= 4 is 5.69 Å². The maximum atomic E-state index is 6.32. The summed E-state index contributed by atoms with van der Waals surface area (Å²) >= 11 is 0. The number of nitrogens with one attached hydrogen (secondary N) is 1. The van der Waals surface area contributed by atoms with E-state index in [0.717, 1.165) is 6.54 Å². The number of likely N-dealkylation sites (N-methyl/N-ethyl adjacent to an activating group) is 1. The first kappa shape index (κ1) is 16.3. The van der Waals surface area contributed by atoms with Gasteiger partial charge in [-0.1, -0.05) is 17.7 Å². The summed E-state index contributed by atoms with van der Waals surface area (Å²) < 4.78 is 6.32. The average molecular weight is 290 g/mol. The number of aryl methyl sites for hydroxylation is 1. The molecule has 2 rings (SSSR count). The molecular formula is C18H30N2O. The largest absolute Gasteiger partial charge is 0.374 e. The van der Waals surface area contributed by atoms with Crippen molar-refractivity contribution in [2.75, 3.05) is 25.5 Å². The summed E-state index contributed by atoms with van der Waals surface area (Å²) in [5.74, 6) is 0.434. The maximum Gasteiger partial charge on any atom is 0.0790 e. The molecule has 1 fully saturated rings. The van der Waals surface area contributed by atoms with E-state index in [2.05, 4.69) is 76.1 Å². The number of hydrogen-bond acceptors (Lipinski definition) is 3. The number of nitrogens with zero attached hydrogens (tertiary/aromatic N) is 1. The Labute approximate surface area is 129 Å². The smallest absolute Gasteiger partial charge is 0.0790 e. The van der Waals surface area contributed by atoms with E-state index in [9.17, 15) is 0 Å². The van der Waals surface area contributed by atoms with E-state index in [1.165, 1.54) is 11.3 Å². The highest BCUT2D eigenvalue weighted by Crippen LogP contribution is 2.42. The quantitative estimate of drug-likeness (QED) is 0.921. The monoisotopic (exact) mass is 290 g/mol. The number of hydrogen-bond donors (Lipinski definition) is 1. The Morgan fingerprint density at radius 3 is 2.19 bits per heavy atom. The molecule has 2 atom stereocenters. The molecule has 21 heavy (non-hydrogen) atoms. The molecule has 0 aromatic heterocycles. The highest BCUT2D eigenvalue weighted by molar-refractivity contribution is 5.47.